The number of ether oxygens (including phenoxy) is 1. The molecule has 3 nitrogen and oxygen atoms in total. The van der Waals surface area contributed by atoms with Crippen LogP contribution in [-0.4, -0.2) is 10.2 Å². The van der Waals surface area contributed by atoms with Crippen LogP contribution in [0.2, 0.25) is 0 Å². The van der Waals surface area contributed by atoms with Gasteiger partial charge in [-0.3, -0.25) is 0 Å². The second kappa shape index (κ2) is 5.17. The highest BCUT2D eigenvalue weighted by atomic mass is 16.5. The van der Waals surface area contributed by atoms with E-state index >= 15 is 0 Å². The number of rotatable bonds is 3. The molecule has 0 amide bonds. The minimum Gasteiger partial charge on any atom is -0.508 e. The maximum atomic E-state index is 10.0. The molecule has 0 saturated carbocycles. The summed E-state index contributed by atoms with van der Waals surface area (Å²) in [6.45, 7) is 5.61. The van der Waals surface area contributed by atoms with Crippen molar-refractivity contribution in [2.75, 3.05) is 0 Å². The fourth-order valence-corrected chi connectivity index (χ4v) is 2.50. The fraction of sp³-hybridized carbons (Fsp3) is 0.333. The Morgan fingerprint density at radius 3 is 2.83 bits per heavy atom. The third kappa shape index (κ3) is 2.50. The Morgan fingerprint density at radius 1 is 1.39 bits per heavy atom. The summed E-state index contributed by atoms with van der Waals surface area (Å²) in [6, 6.07) is 2.86. The van der Waals surface area contributed by atoms with E-state index in [2.05, 4.69) is 19.6 Å². The van der Waals surface area contributed by atoms with Gasteiger partial charge in [-0.25, -0.2) is 0 Å². The van der Waals surface area contributed by atoms with Gasteiger partial charge in [0.05, 0.1) is 6.26 Å². The summed E-state index contributed by atoms with van der Waals surface area (Å²) in [4.78, 5) is 0. The molecule has 1 atom stereocenters. The molecule has 1 unspecified atom stereocenters. The Morgan fingerprint density at radius 2 is 2.17 bits per heavy atom. The normalized spacial score (nSPS) is 19.2. The number of aromatic hydroxyl groups is 2. The first-order valence-corrected chi connectivity index (χ1v) is 6.12. The van der Waals surface area contributed by atoms with Gasteiger partial charge in [0.2, 0.25) is 0 Å². The lowest BCUT2D eigenvalue weighted by Crippen LogP contribution is -2.04. The molecule has 0 spiro atoms. The van der Waals surface area contributed by atoms with Gasteiger partial charge in [0, 0.05) is 23.6 Å². The van der Waals surface area contributed by atoms with Gasteiger partial charge >= 0.3 is 0 Å². The molecule has 0 fully saturated rings. The van der Waals surface area contributed by atoms with Crippen LogP contribution in [0.5, 0.6) is 17.2 Å². The van der Waals surface area contributed by atoms with Crippen LogP contribution in [0.1, 0.15) is 37.7 Å². The Labute approximate surface area is 107 Å². The zero-order valence-corrected chi connectivity index (χ0v) is 10.5. The predicted molar refractivity (Wildman–Crippen MR) is 70.9 cm³/mol. The summed E-state index contributed by atoms with van der Waals surface area (Å²) in [5, 5.41) is 19.5. The van der Waals surface area contributed by atoms with E-state index in [-0.39, 0.29) is 17.4 Å². The van der Waals surface area contributed by atoms with Crippen molar-refractivity contribution in [3.63, 3.8) is 0 Å². The minimum absolute atomic E-state index is 0.00962. The molecule has 1 aliphatic carbocycles. The molecule has 3 heteroatoms. The lowest BCUT2D eigenvalue weighted by molar-refractivity contribution is 0.416. The molecule has 2 N–H and O–H groups in total. The van der Waals surface area contributed by atoms with Gasteiger partial charge in [-0.1, -0.05) is 18.2 Å². The van der Waals surface area contributed by atoms with E-state index in [1.54, 1.807) is 0 Å². The Kier molecular flexibility index (Phi) is 3.60. The first-order chi connectivity index (χ1) is 8.61. The molecule has 0 heterocycles. The van der Waals surface area contributed by atoms with Gasteiger partial charge < -0.3 is 14.9 Å². The summed E-state index contributed by atoms with van der Waals surface area (Å²) in [6.07, 6.45) is 6.64. The zero-order chi connectivity index (χ0) is 13.1. The topological polar surface area (TPSA) is 49.7 Å². The Balaban J connectivity index is 2.47. The third-order valence-electron chi connectivity index (χ3n) is 3.26. The molecular formula is C15H18O3. The standard InChI is InChI=1S/C15H18O3/c1-3-18-14-9-12(16)8-13(17)15(14)11-6-4-5-10(2)7-11/h3,7-9,11,16-17H,1,4-6H2,2H3. The summed E-state index contributed by atoms with van der Waals surface area (Å²) in [5.74, 6) is 0.667. The maximum absolute atomic E-state index is 10.0. The quantitative estimate of drug-likeness (QED) is 0.629. The third-order valence-corrected chi connectivity index (χ3v) is 3.26. The first-order valence-electron chi connectivity index (χ1n) is 6.12. The number of benzene rings is 1. The maximum Gasteiger partial charge on any atom is 0.137 e. The van der Waals surface area contributed by atoms with E-state index in [4.69, 9.17) is 4.74 Å². The highest BCUT2D eigenvalue weighted by molar-refractivity contribution is 5.53. The lowest BCUT2D eigenvalue weighted by atomic mass is 9.85. The molecule has 18 heavy (non-hydrogen) atoms. The van der Waals surface area contributed by atoms with E-state index in [0.717, 1.165) is 24.8 Å². The van der Waals surface area contributed by atoms with Crippen LogP contribution in [0.4, 0.5) is 0 Å². The molecule has 1 aromatic carbocycles. The number of phenols is 2. The molecule has 0 aromatic heterocycles. The fourth-order valence-electron chi connectivity index (χ4n) is 2.50. The van der Waals surface area contributed by atoms with Crippen molar-refractivity contribution in [3.05, 3.63) is 42.2 Å². The summed E-state index contributed by atoms with van der Waals surface area (Å²) in [7, 11) is 0. The lowest BCUT2D eigenvalue weighted by Gasteiger charge is -2.22. The van der Waals surface area contributed by atoms with Gasteiger partial charge in [0.1, 0.15) is 17.2 Å². The zero-order valence-electron chi connectivity index (χ0n) is 10.5. The van der Waals surface area contributed by atoms with Gasteiger partial charge in [0.15, 0.2) is 0 Å². The van der Waals surface area contributed by atoms with Crippen LogP contribution in [0.25, 0.3) is 0 Å². The van der Waals surface area contributed by atoms with Crippen molar-refractivity contribution in [1.29, 1.82) is 0 Å². The minimum atomic E-state index is -0.00962. The van der Waals surface area contributed by atoms with Crippen molar-refractivity contribution in [2.45, 2.75) is 32.1 Å². The van der Waals surface area contributed by atoms with Crippen LogP contribution >= 0.6 is 0 Å². The van der Waals surface area contributed by atoms with Crippen LogP contribution in [0, 0.1) is 0 Å². The Hall–Kier alpha value is -1.90. The monoisotopic (exact) mass is 246 g/mol. The Bertz CT molecular complexity index is 489. The molecule has 0 aliphatic heterocycles. The summed E-state index contributed by atoms with van der Waals surface area (Å²) >= 11 is 0. The van der Waals surface area contributed by atoms with Crippen molar-refractivity contribution >= 4 is 0 Å². The number of hydrogen-bond acceptors (Lipinski definition) is 3. The summed E-state index contributed by atoms with van der Waals surface area (Å²) < 4.78 is 5.30. The molecular weight excluding hydrogens is 228 g/mol. The van der Waals surface area contributed by atoms with E-state index in [0.29, 0.717) is 5.75 Å². The molecule has 1 aromatic rings. The van der Waals surface area contributed by atoms with Crippen molar-refractivity contribution in [3.8, 4) is 17.2 Å². The average molecular weight is 246 g/mol. The number of allylic oxidation sites excluding steroid dienone is 2. The van der Waals surface area contributed by atoms with Crippen molar-refractivity contribution < 1.29 is 14.9 Å². The van der Waals surface area contributed by atoms with Gasteiger partial charge in [0.25, 0.3) is 0 Å². The first kappa shape index (κ1) is 12.6. The van der Waals surface area contributed by atoms with E-state index in [9.17, 15) is 10.2 Å². The van der Waals surface area contributed by atoms with E-state index < -0.39 is 0 Å². The van der Waals surface area contributed by atoms with E-state index in [1.165, 1.54) is 24.0 Å². The van der Waals surface area contributed by atoms with E-state index in [1.807, 2.05) is 0 Å². The molecule has 2 rings (SSSR count). The highest BCUT2D eigenvalue weighted by Gasteiger charge is 2.22. The molecule has 0 radical (unpaired) electrons. The highest BCUT2D eigenvalue weighted by Crippen LogP contribution is 2.43. The largest absolute Gasteiger partial charge is 0.508 e. The second-order valence-electron chi connectivity index (χ2n) is 4.67. The molecule has 1 aliphatic rings. The molecule has 96 valence electrons. The van der Waals surface area contributed by atoms with Gasteiger partial charge in [-0.15, -0.1) is 0 Å². The number of phenolic OH excluding ortho intramolecular Hbond substituents is 2. The van der Waals surface area contributed by atoms with Gasteiger partial charge in [-0.05, 0) is 26.2 Å². The van der Waals surface area contributed by atoms with Crippen LogP contribution in [0.3, 0.4) is 0 Å². The molecule has 0 bridgehead atoms. The van der Waals surface area contributed by atoms with Crippen LogP contribution in [0.15, 0.2) is 36.6 Å². The number of hydrogen-bond donors (Lipinski definition) is 2. The van der Waals surface area contributed by atoms with Crippen molar-refractivity contribution in [1.82, 2.24) is 0 Å². The van der Waals surface area contributed by atoms with Gasteiger partial charge in [-0.2, -0.15) is 0 Å². The molecule has 0 saturated heterocycles. The average Bonchev–Trinajstić information content (AvgIpc) is 2.28. The predicted octanol–water partition coefficient (Wildman–Crippen LogP) is 3.83. The van der Waals surface area contributed by atoms with Crippen LogP contribution < -0.4 is 4.74 Å². The van der Waals surface area contributed by atoms with Crippen LogP contribution in [-0.2, 0) is 0 Å². The summed E-state index contributed by atoms with van der Waals surface area (Å²) in [5.41, 5.74) is 2.05. The SMILES string of the molecule is C=COc1cc(O)cc(O)c1C1C=C(C)CCC1. The second-order valence-corrected chi connectivity index (χ2v) is 4.67. The van der Waals surface area contributed by atoms with Crippen molar-refractivity contribution in [2.24, 2.45) is 0 Å². The smallest absolute Gasteiger partial charge is 0.137 e.